The zero-order valence-corrected chi connectivity index (χ0v) is 27.1. The van der Waals surface area contributed by atoms with Gasteiger partial charge in [-0.3, -0.25) is 4.98 Å². The summed E-state index contributed by atoms with van der Waals surface area (Å²) in [5.41, 5.74) is 10.8. The van der Waals surface area contributed by atoms with Crippen molar-refractivity contribution in [2.75, 3.05) is 0 Å². The Balaban J connectivity index is 1.06. The number of nitrogens with zero attached hydrogens (tertiary/aromatic N) is 4. The summed E-state index contributed by atoms with van der Waals surface area (Å²) in [6.45, 7) is 0. The summed E-state index contributed by atoms with van der Waals surface area (Å²) in [7, 11) is 0. The predicted octanol–water partition coefficient (Wildman–Crippen LogP) is 11.6. The number of benzene rings is 7. The van der Waals surface area contributed by atoms with E-state index in [4.69, 9.17) is 15.0 Å². The first-order valence-corrected chi connectivity index (χ1v) is 16.7. The van der Waals surface area contributed by atoms with Crippen molar-refractivity contribution in [3.63, 3.8) is 0 Å². The van der Waals surface area contributed by atoms with Gasteiger partial charge in [0.25, 0.3) is 0 Å². The van der Waals surface area contributed by atoms with Crippen molar-refractivity contribution in [2.45, 2.75) is 0 Å². The summed E-state index contributed by atoms with van der Waals surface area (Å²) in [6, 6.07) is 61.0. The van der Waals surface area contributed by atoms with Gasteiger partial charge in [0.05, 0.1) is 5.52 Å². The highest BCUT2D eigenvalue weighted by molar-refractivity contribution is 6.05. The summed E-state index contributed by atoms with van der Waals surface area (Å²) in [6.07, 6.45) is 1.96. The van der Waals surface area contributed by atoms with Gasteiger partial charge in [0.1, 0.15) is 0 Å². The molecule has 234 valence electrons. The average molecular weight is 639 g/mol. The largest absolute Gasteiger partial charge is 0.256 e. The molecule has 4 nitrogen and oxygen atoms in total. The third kappa shape index (κ3) is 5.59. The van der Waals surface area contributed by atoms with Crippen LogP contribution in [0.2, 0.25) is 0 Å². The Morgan fingerprint density at radius 1 is 0.300 bits per heavy atom. The van der Waals surface area contributed by atoms with Crippen molar-refractivity contribution in [3.05, 3.63) is 182 Å². The standard InChI is InChI=1S/C46H30N4/c1-3-11-34(12-4-1)44-48-45(35-13-5-2-6-14-35)50-46(49-44)36-25-23-33(24-26-36)40-28-27-39(41-16-8-9-17-42(40)41)32-21-19-31(20-22-32)38-29-37-15-7-10-18-43(37)47-30-38/h1-30H. The van der Waals surface area contributed by atoms with Gasteiger partial charge >= 0.3 is 0 Å². The first kappa shape index (κ1) is 29.4. The maximum atomic E-state index is 4.91. The van der Waals surface area contributed by atoms with Gasteiger partial charge in [-0.05, 0) is 50.7 Å². The molecule has 2 aromatic heterocycles. The van der Waals surface area contributed by atoms with E-state index in [-0.39, 0.29) is 0 Å². The van der Waals surface area contributed by atoms with Crippen LogP contribution in [0.25, 0.3) is 89.2 Å². The molecule has 0 amide bonds. The molecule has 9 aromatic rings. The second kappa shape index (κ2) is 12.7. The second-order valence-electron chi connectivity index (χ2n) is 12.3. The number of aromatic nitrogens is 4. The average Bonchev–Trinajstić information content (AvgIpc) is 3.21. The van der Waals surface area contributed by atoms with Crippen LogP contribution >= 0.6 is 0 Å². The Kier molecular flexibility index (Phi) is 7.45. The Hall–Kier alpha value is -6.78. The van der Waals surface area contributed by atoms with Crippen molar-refractivity contribution in [3.8, 4) is 67.5 Å². The van der Waals surface area contributed by atoms with E-state index in [1.165, 1.54) is 27.5 Å². The quantitative estimate of drug-likeness (QED) is 0.182. The summed E-state index contributed by atoms with van der Waals surface area (Å²) in [5, 5.41) is 3.57. The number of pyridine rings is 1. The van der Waals surface area contributed by atoms with Crippen molar-refractivity contribution in [1.82, 2.24) is 19.9 Å². The molecule has 0 fully saturated rings. The van der Waals surface area contributed by atoms with Gasteiger partial charge in [-0.25, -0.2) is 15.0 Å². The number of hydrogen-bond acceptors (Lipinski definition) is 4. The fraction of sp³-hybridized carbons (Fsp3) is 0. The number of para-hydroxylation sites is 1. The molecular formula is C46H30N4. The molecule has 0 bridgehead atoms. The molecule has 0 saturated heterocycles. The van der Waals surface area contributed by atoms with Gasteiger partial charge in [0.15, 0.2) is 17.5 Å². The van der Waals surface area contributed by atoms with Crippen LogP contribution in [0, 0.1) is 0 Å². The summed E-state index contributed by atoms with van der Waals surface area (Å²) in [4.78, 5) is 19.3. The topological polar surface area (TPSA) is 51.6 Å². The van der Waals surface area contributed by atoms with Gasteiger partial charge in [-0.15, -0.1) is 0 Å². The fourth-order valence-corrected chi connectivity index (χ4v) is 6.61. The molecule has 7 aromatic carbocycles. The minimum absolute atomic E-state index is 0.646. The SMILES string of the molecule is c1ccc(-c2nc(-c3ccccc3)nc(-c3ccc(-c4ccc(-c5ccc(-c6cnc7ccccc7c6)cc5)c5ccccc45)cc3)n2)cc1. The molecule has 0 atom stereocenters. The van der Waals surface area contributed by atoms with Crippen molar-refractivity contribution < 1.29 is 0 Å². The molecule has 0 aliphatic heterocycles. The Morgan fingerprint density at radius 3 is 1.26 bits per heavy atom. The van der Waals surface area contributed by atoms with Gasteiger partial charge in [-0.1, -0.05) is 164 Å². The molecular weight excluding hydrogens is 609 g/mol. The first-order valence-electron chi connectivity index (χ1n) is 16.7. The van der Waals surface area contributed by atoms with Crippen molar-refractivity contribution in [2.24, 2.45) is 0 Å². The van der Waals surface area contributed by atoms with Crippen LogP contribution in [-0.4, -0.2) is 19.9 Å². The smallest absolute Gasteiger partial charge is 0.164 e. The molecule has 0 radical (unpaired) electrons. The summed E-state index contributed by atoms with van der Waals surface area (Å²) in [5.74, 6) is 1.96. The van der Waals surface area contributed by atoms with Crippen LogP contribution in [0.3, 0.4) is 0 Å². The van der Waals surface area contributed by atoms with E-state index >= 15 is 0 Å². The Bertz CT molecular complexity index is 2560. The second-order valence-corrected chi connectivity index (χ2v) is 12.3. The van der Waals surface area contributed by atoms with E-state index in [1.807, 2.05) is 79.0 Å². The maximum Gasteiger partial charge on any atom is 0.164 e. The van der Waals surface area contributed by atoms with Crippen LogP contribution in [0.15, 0.2) is 182 Å². The monoisotopic (exact) mass is 638 g/mol. The molecule has 50 heavy (non-hydrogen) atoms. The zero-order chi connectivity index (χ0) is 33.3. The maximum absolute atomic E-state index is 4.91. The molecule has 0 N–H and O–H groups in total. The minimum atomic E-state index is 0.646. The lowest BCUT2D eigenvalue weighted by Crippen LogP contribution is -2.00. The van der Waals surface area contributed by atoms with Crippen LogP contribution in [0.5, 0.6) is 0 Å². The molecule has 4 heteroatoms. The third-order valence-corrected chi connectivity index (χ3v) is 9.20. The lowest BCUT2D eigenvalue weighted by molar-refractivity contribution is 1.07. The van der Waals surface area contributed by atoms with Crippen LogP contribution in [0.4, 0.5) is 0 Å². The third-order valence-electron chi connectivity index (χ3n) is 9.20. The van der Waals surface area contributed by atoms with E-state index in [9.17, 15) is 0 Å². The van der Waals surface area contributed by atoms with Gasteiger partial charge in [-0.2, -0.15) is 0 Å². The fourth-order valence-electron chi connectivity index (χ4n) is 6.61. The highest BCUT2D eigenvalue weighted by Crippen LogP contribution is 2.37. The van der Waals surface area contributed by atoms with E-state index in [0.29, 0.717) is 17.5 Å². The van der Waals surface area contributed by atoms with Crippen molar-refractivity contribution >= 4 is 21.7 Å². The molecule has 0 saturated carbocycles. The van der Waals surface area contributed by atoms with Crippen LogP contribution in [-0.2, 0) is 0 Å². The van der Waals surface area contributed by atoms with Gasteiger partial charge in [0, 0.05) is 33.8 Å². The molecule has 0 aliphatic carbocycles. The lowest BCUT2D eigenvalue weighted by Gasteiger charge is -2.13. The van der Waals surface area contributed by atoms with E-state index < -0.39 is 0 Å². The van der Waals surface area contributed by atoms with E-state index in [1.54, 1.807) is 0 Å². The highest BCUT2D eigenvalue weighted by Gasteiger charge is 2.14. The van der Waals surface area contributed by atoms with Crippen molar-refractivity contribution in [1.29, 1.82) is 0 Å². The zero-order valence-electron chi connectivity index (χ0n) is 27.1. The predicted molar refractivity (Wildman–Crippen MR) is 205 cm³/mol. The van der Waals surface area contributed by atoms with Crippen LogP contribution in [0.1, 0.15) is 0 Å². The van der Waals surface area contributed by atoms with Gasteiger partial charge in [0.2, 0.25) is 0 Å². The lowest BCUT2D eigenvalue weighted by atomic mass is 9.91. The summed E-state index contributed by atoms with van der Waals surface area (Å²) < 4.78 is 0. The molecule has 0 spiro atoms. The summed E-state index contributed by atoms with van der Waals surface area (Å²) >= 11 is 0. The van der Waals surface area contributed by atoms with E-state index in [2.05, 4.69) is 108 Å². The highest BCUT2D eigenvalue weighted by atomic mass is 15.0. The first-order chi connectivity index (χ1) is 24.8. The molecule has 0 unspecified atom stereocenters. The number of rotatable bonds is 6. The molecule has 9 rings (SSSR count). The molecule has 0 aliphatic rings. The molecule has 2 heterocycles. The Morgan fingerprint density at radius 2 is 0.720 bits per heavy atom. The van der Waals surface area contributed by atoms with Gasteiger partial charge < -0.3 is 0 Å². The number of fused-ring (bicyclic) bond motifs is 2. The Labute approximate surface area is 290 Å². The van der Waals surface area contributed by atoms with E-state index in [0.717, 1.165) is 44.3 Å². The van der Waals surface area contributed by atoms with Crippen LogP contribution < -0.4 is 0 Å². The normalized spacial score (nSPS) is 11.2. The minimum Gasteiger partial charge on any atom is -0.256 e. The number of hydrogen-bond donors (Lipinski definition) is 0.